The van der Waals surface area contributed by atoms with Crippen molar-refractivity contribution >= 4 is 10.0 Å². The first kappa shape index (κ1) is 14.3. The number of rotatable bonds is 6. The highest BCUT2D eigenvalue weighted by molar-refractivity contribution is 7.89. The predicted molar refractivity (Wildman–Crippen MR) is 71.7 cm³/mol. The highest BCUT2D eigenvalue weighted by Crippen LogP contribution is 2.28. The summed E-state index contributed by atoms with van der Waals surface area (Å²) in [5, 5.41) is 9.95. The molecule has 0 aromatic heterocycles. The number of sulfonamides is 1. The highest BCUT2D eigenvalue weighted by atomic mass is 32.2. The van der Waals surface area contributed by atoms with Crippen molar-refractivity contribution in [3.05, 3.63) is 0 Å². The molecule has 0 amide bonds. The molecule has 0 aromatic carbocycles. The molecule has 2 saturated carbocycles. The first-order chi connectivity index (χ1) is 8.57. The van der Waals surface area contributed by atoms with E-state index in [4.69, 9.17) is 0 Å². The number of hydrogen-bond acceptors (Lipinski definition) is 3. The first-order valence-corrected chi connectivity index (χ1v) is 8.87. The lowest BCUT2D eigenvalue weighted by molar-refractivity contribution is 0.115. The Morgan fingerprint density at radius 2 is 1.61 bits per heavy atom. The summed E-state index contributed by atoms with van der Waals surface area (Å²) in [5.41, 5.74) is 0. The van der Waals surface area contributed by atoms with Crippen LogP contribution >= 0.6 is 0 Å². The van der Waals surface area contributed by atoms with E-state index in [0.29, 0.717) is 11.8 Å². The fraction of sp³-hybridized carbons (Fsp3) is 1.00. The molecule has 2 fully saturated rings. The van der Waals surface area contributed by atoms with Crippen LogP contribution in [0.3, 0.4) is 0 Å². The van der Waals surface area contributed by atoms with Crippen LogP contribution in [0.2, 0.25) is 0 Å². The van der Waals surface area contributed by atoms with Gasteiger partial charge in [0.1, 0.15) is 0 Å². The van der Waals surface area contributed by atoms with Crippen LogP contribution in [0.1, 0.15) is 51.4 Å². The van der Waals surface area contributed by atoms with Crippen molar-refractivity contribution in [3.8, 4) is 0 Å². The lowest BCUT2D eigenvalue weighted by atomic mass is 10.0. The molecule has 18 heavy (non-hydrogen) atoms. The molecule has 2 rings (SSSR count). The lowest BCUT2D eigenvalue weighted by Crippen LogP contribution is -2.37. The van der Waals surface area contributed by atoms with Gasteiger partial charge in [-0.2, -0.15) is 0 Å². The quantitative estimate of drug-likeness (QED) is 0.774. The molecule has 0 aromatic rings. The molecule has 0 aliphatic heterocycles. The van der Waals surface area contributed by atoms with Crippen LogP contribution in [0.4, 0.5) is 0 Å². The Hall–Kier alpha value is -0.130. The van der Waals surface area contributed by atoms with E-state index >= 15 is 0 Å². The van der Waals surface area contributed by atoms with Crippen LogP contribution in [0.15, 0.2) is 0 Å². The van der Waals surface area contributed by atoms with Gasteiger partial charge in [0.25, 0.3) is 0 Å². The van der Waals surface area contributed by atoms with Gasteiger partial charge in [-0.1, -0.05) is 25.7 Å². The lowest BCUT2D eigenvalue weighted by Gasteiger charge is -2.19. The minimum atomic E-state index is -3.20. The summed E-state index contributed by atoms with van der Waals surface area (Å²) in [5.74, 6) is 0.856. The average Bonchev–Trinajstić information content (AvgIpc) is 2.97. The maximum Gasteiger partial charge on any atom is 0.211 e. The van der Waals surface area contributed by atoms with E-state index in [2.05, 4.69) is 4.72 Å². The van der Waals surface area contributed by atoms with Crippen molar-refractivity contribution < 1.29 is 13.5 Å². The van der Waals surface area contributed by atoms with Gasteiger partial charge in [0.05, 0.1) is 11.9 Å². The van der Waals surface area contributed by atoms with Crippen LogP contribution in [-0.2, 0) is 10.0 Å². The van der Waals surface area contributed by atoms with Gasteiger partial charge in [0, 0.05) is 6.54 Å². The number of hydrogen-bond donors (Lipinski definition) is 2. The molecule has 2 aliphatic rings. The molecule has 0 saturated heterocycles. The van der Waals surface area contributed by atoms with Gasteiger partial charge < -0.3 is 5.11 Å². The minimum Gasteiger partial charge on any atom is -0.391 e. The molecule has 0 bridgehead atoms. The Balaban J connectivity index is 1.73. The molecule has 4 nitrogen and oxygen atoms in total. The molecule has 0 spiro atoms. The zero-order valence-corrected chi connectivity index (χ0v) is 11.8. The van der Waals surface area contributed by atoms with Crippen molar-refractivity contribution in [2.24, 2.45) is 11.8 Å². The fourth-order valence-electron chi connectivity index (χ4n) is 3.27. The molecular weight excluding hydrogens is 250 g/mol. The summed E-state index contributed by atoms with van der Waals surface area (Å²) in [4.78, 5) is 0. The summed E-state index contributed by atoms with van der Waals surface area (Å²) < 4.78 is 26.4. The van der Waals surface area contributed by atoms with Crippen molar-refractivity contribution in [1.82, 2.24) is 4.72 Å². The normalized spacial score (nSPS) is 24.7. The molecule has 0 heterocycles. The predicted octanol–water partition coefficient (Wildman–Crippen LogP) is 1.65. The summed E-state index contributed by atoms with van der Waals surface area (Å²) in [7, 11) is -3.20. The van der Waals surface area contributed by atoms with E-state index in [1.165, 1.54) is 0 Å². The summed E-state index contributed by atoms with van der Waals surface area (Å²) in [6.45, 7) is 0.194. The number of aliphatic hydroxyl groups excluding tert-OH is 1. The zero-order valence-electron chi connectivity index (χ0n) is 11.0. The van der Waals surface area contributed by atoms with Crippen molar-refractivity contribution in [2.45, 2.75) is 57.5 Å². The van der Waals surface area contributed by atoms with Gasteiger partial charge in [-0.3, -0.25) is 0 Å². The van der Waals surface area contributed by atoms with E-state index in [0.717, 1.165) is 51.4 Å². The Labute approximate surface area is 110 Å². The van der Waals surface area contributed by atoms with Crippen LogP contribution < -0.4 is 4.72 Å². The second-order valence-corrected chi connectivity index (χ2v) is 7.74. The topological polar surface area (TPSA) is 66.4 Å². The van der Waals surface area contributed by atoms with Crippen molar-refractivity contribution in [2.75, 3.05) is 12.3 Å². The molecular formula is C13H25NO3S. The molecule has 106 valence electrons. The van der Waals surface area contributed by atoms with Gasteiger partial charge in [0.15, 0.2) is 0 Å². The SMILES string of the molecule is O=S(=O)(CC1CCCC1)NCC(O)C1CCCC1. The van der Waals surface area contributed by atoms with Gasteiger partial charge in [-0.05, 0) is 37.5 Å². The Kier molecular flexibility index (Phi) is 5.04. The van der Waals surface area contributed by atoms with Gasteiger partial charge >= 0.3 is 0 Å². The second-order valence-electron chi connectivity index (χ2n) is 5.89. The fourth-order valence-corrected chi connectivity index (χ4v) is 4.76. The summed E-state index contributed by atoms with van der Waals surface area (Å²) >= 11 is 0. The maximum atomic E-state index is 11.9. The van der Waals surface area contributed by atoms with Crippen LogP contribution in [0, 0.1) is 11.8 Å². The third-order valence-corrected chi connectivity index (χ3v) is 5.90. The molecule has 1 unspecified atom stereocenters. The highest BCUT2D eigenvalue weighted by Gasteiger charge is 2.26. The van der Waals surface area contributed by atoms with Crippen LogP contribution in [0.25, 0.3) is 0 Å². The van der Waals surface area contributed by atoms with E-state index in [1.54, 1.807) is 0 Å². The first-order valence-electron chi connectivity index (χ1n) is 7.22. The van der Waals surface area contributed by atoms with E-state index < -0.39 is 16.1 Å². The molecule has 2 N–H and O–H groups in total. The molecule has 1 atom stereocenters. The third-order valence-electron chi connectivity index (χ3n) is 4.39. The van der Waals surface area contributed by atoms with E-state index in [9.17, 15) is 13.5 Å². The van der Waals surface area contributed by atoms with Crippen molar-refractivity contribution in [1.29, 1.82) is 0 Å². The molecule has 2 aliphatic carbocycles. The van der Waals surface area contributed by atoms with E-state index in [-0.39, 0.29) is 12.3 Å². The minimum absolute atomic E-state index is 0.194. The van der Waals surface area contributed by atoms with Gasteiger partial charge in [-0.15, -0.1) is 0 Å². The van der Waals surface area contributed by atoms with E-state index in [1.807, 2.05) is 0 Å². The standard InChI is InChI=1S/C13H25NO3S/c15-13(12-7-3-4-8-12)9-14-18(16,17)10-11-5-1-2-6-11/h11-15H,1-10H2. The Morgan fingerprint density at radius 3 is 2.22 bits per heavy atom. The zero-order chi connectivity index (χ0) is 13.0. The van der Waals surface area contributed by atoms with Crippen molar-refractivity contribution in [3.63, 3.8) is 0 Å². The van der Waals surface area contributed by atoms with Gasteiger partial charge in [0.2, 0.25) is 10.0 Å². The summed E-state index contributed by atoms with van der Waals surface area (Å²) in [6, 6.07) is 0. The molecule has 5 heteroatoms. The molecule has 0 radical (unpaired) electrons. The van der Waals surface area contributed by atoms with Gasteiger partial charge in [-0.25, -0.2) is 13.1 Å². The Morgan fingerprint density at radius 1 is 1.06 bits per heavy atom. The number of nitrogens with one attached hydrogen (secondary N) is 1. The average molecular weight is 275 g/mol. The third kappa shape index (κ3) is 4.21. The number of aliphatic hydroxyl groups is 1. The second kappa shape index (κ2) is 6.35. The maximum absolute atomic E-state index is 11.9. The largest absolute Gasteiger partial charge is 0.391 e. The van der Waals surface area contributed by atoms with Crippen LogP contribution in [-0.4, -0.2) is 31.9 Å². The Bertz CT molecular complexity index is 343. The smallest absolute Gasteiger partial charge is 0.211 e. The summed E-state index contributed by atoms with van der Waals surface area (Å²) in [6.07, 6.45) is 8.27. The van der Waals surface area contributed by atoms with Crippen LogP contribution in [0.5, 0.6) is 0 Å². The monoisotopic (exact) mass is 275 g/mol.